The van der Waals surface area contributed by atoms with Gasteiger partial charge in [-0.1, -0.05) is 0 Å². The zero-order chi connectivity index (χ0) is 8.10. The predicted octanol–water partition coefficient (Wildman–Crippen LogP) is 0.250. The third-order valence-corrected chi connectivity index (χ3v) is 1.32. The maximum absolute atomic E-state index is 11.1. The van der Waals surface area contributed by atoms with Gasteiger partial charge in [-0.2, -0.15) is 0 Å². The second-order valence-electron chi connectivity index (χ2n) is 2.15. The standard InChI is InChI=1S/C8H10N2O/c1-2-10-8(11)7-3-5-9-6-4-7/h3-6H,2H2,1H3,(H,10,11)/p+1. The van der Waals surface area contributed by atoms with Crippen LogP contribution >= 0.6 is 0 Å². The van der Waals surface area contributed by atoms with Crippen molar-refractivity contribution in [2.45, 2.75) is 6.92 Å². The number of hydrogen-bond acceptors (Lipinski definition) is 1. The number of hydrogen-bond donors (Lipinski definition) is 1. The lowest BCUT2D eigenvalue weighted by Crippen LogP contribution is -2.23. The molecule has 0 aliphatic heterocycles. The van der Waals surface area contributed by atoms with Gasteiger partial charge in [-0.25, -0.2) is 4.98 Å². The smallest absolute Gasteiger partial charge is 0.251 e. The van der Waals surface area contributed by atoms with E-state index < -0.39 is 0 Å². The van der Waals surface area contributed by atoms with Crippen LogP contribution in [0.25, 0.3) is 0 Å². The fourth-order valence-corrected chi connectivity index (χ4v) is 0.801. The van der Waals surface area contributed by atoms with Gasteiger partial charge < -0.3 is 5.32 Å². The van der Waals surface area contributed by atoms with E-state index in [0.29, 0.717) is 12.1 Å². The molecule has 0 fully saturated rings. The molecule has 0 aromatic carbocycles. The SMILES string of the molecule is CCNC(=O)c1cc[nH+]cc1. The lowest BCUT2D eigenvalue weighted by molar-refractivity contribution is -0.378. The molecule has 0 bridgehead atoms. The van der Waals surface area contributed by atoms with E-state index in [1.165, 1.54) is 0 Å². The van der Waals surface area contributed by atoms with Crippen molar-refractivity contribution in [1.29, 1.82) is 0 Å². The average molecular weight is 151 g/mol. The first-order valence-corrected chi connectivity index (χ1v) is 3.59. The summed E-state index contributed by atoms with van der Waals surface area (Å²) in [7, 11) is 0. The number of aromatic amines is 1. The molecule has 1 rings (SSSR count). The van der Waals surface area contributed by atoms with Crippen LogP contribution in [0.15, 0.2) is 24.5 Å². The number of amides is 1. The Morgan fingerprint density at radius 2 is 2.18 bits per heavy atom. The van der Waals surface area contributed by atoms with Crippen molar-refractivity contribution in [1.82, 2.24) is 5.32 Å². The van der Waals surface area contributed by atoms with Crippen molar-refractivity contribution >= 4 is 5.91 Å². The van der Waals surface area contributed by atoms with Crippen molar-refractivity contribution in [3.8, 4) is 0 Å². The van der Waals surface area contributed by atoms with Gasteiger partial charge in [0.1, 0.15) is 0 Å². The highest BCUT2D eigenvalue weighted by Gasteiger charge is 2.02. The van der Waals surface area contributed by atoms with E-state index in [4.69, 9.17) is 0 Å². The summed E-state index contributed by atoms with van der Waals surface area (Å²) in [5.41, 5.74) is 0.686. The van der Waals surface area contributed by atoms with Crippen LogP contribution in [-0.4, -0.2) is 12.5 Å². The molecule has 0 aliphatic carbocycles. The molecule has 1 aromatic heterocycles. The van der Waals surface area contributed by atoms with Crippen LogP contribution in [-0.2, 0) is 0 Å². The normalized spacial score (nSPS) is 9.18. The molecule has 1 aromatic rings. The van der Waals surface area contributed by atoms with Crippen LogP contribution in [0.5, 0.6) is 0 Å². The van der Waals surface area contributed by atoms with Crippen LogP contribution in [0.3, 0.4) is 0 Å². The number of H-pyrrole nitrogens is 1. The lowest BCUT2D eigenvalue weighted by atomic mass is 10.2. The summed E-state index contributed by atoms with van der Waals surface area (Å²) in [6.07, 6.45) is 3.45. The summed E-state index contributed by atoms with van der Waals surface area (Å²) in [5, 5.41) is 2.71. The average Bonchev–Trinajstić information content (AvgIpc) is 2.07. The van der Waals surface area contributed by atoms with Crippen molar-refractivity contribution < 1.29 is 9.78 Å². The number of carbonyl (C=O) groups excluding carboxylic acids is 1. The summed E-state index contributed by atoms with van der Waals surface area (Å²) < 4.78 is 0. The molecular weight excluding hydrogens is 140 g/mol. The van der Waals surface area contributed by atoms with Crippen molar-refractivity contribution in [2.24, 2.45) is 0 Å². The van der Waals surface area contributed by atoms with Crippen LogP contribution < -0.4 is 10.3 Å². The molecule has 0 saturated heterocycles. The molecule has 58 valence electrons. The minimum Gasteiger partial charge on any atom is -0.352 e. The van der Waals surface area contributed by atoms with Crippen molar-refractivity contribution in [3.05, 3.63) is 30.1 Å². The summed E-state index contributed by atoms with van der Waals surface area (Å²) in [4.78, 5) is 14.0. The van der Waals surface area contributed by atoms with E-state index in [0.717, 1.165) is 0 Å². The third-order valence-electron chi connectivity index (χ3n) is 1.32. The second-order valence-corrected chi connectivity index (χ2v) is 2.15. The Balaban J connectivity index is 2.69. The van der Waals surface area contributed by atoms with Gasteiger partial charge in [0, 0.05) is 18.7 Å². The molecule has 3 nitrogen and oxygen atoms in total. The molecule has 0 unspecified atom stereocenters. The molecule has 0 atom stereocenters. The summed E-state index contributed by atoms with van der Waals surface area (Å²) in [5.74, 6) is -0.0264. The molecule has 0 spiro atoms. The zero-order valence-corrected chi connectivity index (χ0v) is 6.42. The molecular formula is C8H11N2O+. The highest BCUT2D eigenvalue weighted by Crippen LogP contribution is 1.92. The molecule has 0 radical (unpaired) electrons. The number of aromatic nitrogens is 1. The third kappa shape index (κ3) is 2.04. The maximum atomic E-state index is 11.1. The van der Waals surface area contributed by atoms with E-state index in [1.807, 2.05) is 6.92 Å². The van der Waals surface area contributed by atoms with Crippen molar-refractivity contribution in [2.75, 3.05) is 6.54 Å². The van der Waals surface area contributed by atoms with E-state index >= 15 is 0 Å². The van der Waals surface area contributed by atoms with Crippen LogP contribution in [0, 0.1) is 0 Å². The Morgan fingerprint density at radius 1 is 1.55 bits per heavy atom. The van der Waals surface area contributed by atoms with E-state index in [9.17, 15) is 4.79 Å². The predicted molar refractivity (Wildman–Crippen MR) is 41.0 cm³/mol. The topological polar surface area (TPSA) is 43.2 Å². The Hall–Kier alpha value is -1.38. The molecule has 0 saturated carbocycles. The zero-order valence-electron chi connectivity index (χ0n) is 6.42. The van der Waals surface area contributed by atoms with Gasteiger partial charge in [0.05, 0.1) is 5.56 Å². The minimum absolute atomic E-state index is 0.0264. The monoisotopic (exact) mass is 151 g/mol. The highest BCUT2D eigenvalue weighted by atomic mass is 16.1. The summed E-state index contributed by atoms with van der Waals surface area (Å²) >= 11 is 0. The second kappa shape index (κ2) is 3.71. The Morgan fingerprint density at radius 3 is 2.73 bits per heavy atom. The lowest BCUT2D eigenvalue weighted by Gasteiger charge is -1.97. The van der Waals surface area contributed by atoms with Crippen molar-refractivity contribution in [3.63, 3.8) is 0 Å². The van der Waals surface area contributed by atoms with Gasteiger partial charge in [0.2, 0.25) is 0 Å². The minimum atomic E-state index is -0.0264. The van der Waals surface area contributed by atoms with E-state index in [2.05, 4.69) is 10.3 Å². The van der Waals surface area contributed by atoms with Gasteiger partial charge >= 0.3 is 0 Å². The highest BCUT2D eigenvalue weighted by molar-refractivity contribution is 5.93. The van der Waals surface area contributed by atoms with Gasteiger partial charge in [0.25, 0.3) is 5.91 Å². The summed E-state index contributed by atoms with van der Waals surface area (Å²) in [6.45, 7) is 2.56. The first kappa shape index (κ1) is 7.72. The number of carbonyl (C=O) groups is 1. The molecule has 3 heteroatoms. The van der Waals surface area contributed by atoms with Gasteiger partial charge in [0.15, 0.2) is 12.4 Å². The Labute approximate surface area is 65.5 Å². The fourth-order valence-electron chi connectivity index (χ4n) is 0.801. The fraction of sp³-hybridized carbons (Fsp3) is 0.250. The molecule has 0 aliphatic rings. The van der Waals surface area contributed by atoms with E-state index in [1.54, 1.807) is 24.5 Å². The first-order valence-electron chi connectivity index (χ1n) is 3.59. The molecule has 1 amide bonds. The van der Waals surface area contributed by atoms with Gasteiger partial charge in [-0.05, 0) is 6.92 Å². The van der Waals surface area contributed by atoms with Gasteiger partial charge in [-0.15, -0.1) is 0 Å². The Bertz CT molecular complexity index is 233. The molecule has 1 heterocycles. The quantitative estimate of drug-likeness (QED) is 0.647. The number of nitrogens with one attached hydrogen (secondary N) is 2. The van der Waals surface area contributed by atoms with Crippen LogP contribution in [0.2, 0.25) is 0 Å². The van der Waals surface area contributed by atoms with Gasteiger partial charge in [-0.3, -0.25) is 4.79 Å². The largest absolute Gasteiger partial charge is 0.352 e. The van der Waals surface area contributed by atoms with E-state index in [-0.39, 0.29) is 5.91 Å². The number of rotatable bonds is 2. The number of pyridine rings is 1. The molecule has 11 heavy (non-hydrogen) atoms. The Kier molecular flexibility index (Phi) is 2.60. The maximum Gasteiger partial charge on any atom is 0.251 e. The molecule has 2 N–H and O–H groups in total. The summed E-state index contributed by atoms with van der Waals surface area (Å²) in [6, 6.07) is 3.48. The first-order chi connectivity index (χ1) is 5.34. The van der Waals surface area contributed by atoms with Crippen LogP contribution in [0.4, 0.5) is 0 Å². The van der Waals surface area contributed by atoms with Crippen LogP contribution in [0.1, 0.15) is 17.3 Å².